The van der Waals surface area contributed by atoms with E-state index in [1.54, 1.807) is 4.68 Å². The lowest BCUT2D eigenvalue weighted by Crippen LogP contribution is -2.27. The van der Waals surface area contributed by atoms with Gasteiger partial charge in [-0.2, -0.15) is 5.10 Å². The van der Waals surface area contributed by atoms with E-state index in [2.05, 4.69) is 25.9 Å². The standard InChI is InChI=1S/C13H23N3O2/c1-13(2,3)11-10(8-16(4)15-11)6-9(7-14)12(17)18-5/h8-9H,6-7,14H2,1-5H3. The van der Waals surface area contributed by atoms with Crippen LogP contribution in [-0.2, 0) is 28.4 Å². The molecule has 1 aromatic heterocycles. The Balaban J connectivity index is 3.00. The number of nitrogens with two attached hydrogens (primary N) is 1. The van der Waals surface area contributed by atoms with Crippen molar-refractivity contribution in [3.05, 3.63) is 17.5 Å². The van der Waals surface area contributed by atoms with Crippen molar-refractivity contribution in [1.29, 1.82) is 0 Å². The Bertz CT molecular complexity index is 418. The van der Waals surface area contributed by atoms with E-state index in [4.69, 9.17) is 10.5 Å². The van der Waals surface area contributed by atoms with E-state index in [9.17, 15) is 4.79 Å². The normalized spacial score (nSPS) is 13.4. The Labute approximate surface area is 108 Å². The molecule has 0 spiro atoms. The molecule has 0 aliphatic rings. The summed E-state index contributed by atoms with van der Waals surface area (Å²) >= 11 is 0. The van der Waals surface area contributed by atoms with Crippen molar-refractivity contribution in [1.82, 2.24) is 9.78 Å². The topological polar surface area (TPSA) is 70.1 Å². The van der Waals surface area contributed by atoms with Crippen LogP contribution in [0.3, 0.4) is 0 Å². The minimum atomic E-state index is -0.305. The summed E-state index contributed by atoms with van der Waals surface area (Å²) in [5.74, 6) is -0.568. The van der Waals surface area contributed by atoms with E-state index in [0.717, 1.165) is 11.3 Å². The maximum absolute atomic E-state index is 11.6. The van der Waals surface area contributed by atoms with Crippen LogP contribution >= 0.6 is 0 Å². The van der Waals surface area contributed by atoms with E-state index in [1.165, 1.54) is 7.11 Å². The van der Waals surface area contributed by atoms with Crippen LogP contribution in [-0.4, -0.2) is 29.4 Å². The summed E-state index contributed by atoms with van der Waals surface area (Å²) in [6.07, 6.45) is 2.52. The average molecular weight is 253 g/mol. The Hall–Kier alpha value is -1.36. The van der Waals surface area contributed by atoms with Crippen LogP contribution in [0.15, 0.2) is 6.20 Å². The molecule has 5 nitrogen and oxygen atoms in total. The monoisotopic (exact) mass is 253 g/mol. The third-order valence-corrected chi connectivity index (χ3v) is 2.90. The molecule has 0 fully saturated rings. The number of nitrogens with zero attached hydrogens (tertiary/aromatic N) is 2. The second-order valence-corrected chi connectivity index (χ2v) is 5.59. The van der Waals surface area contributed by atoms with Gasteiger partial charge in [-0.05, 0) is 12.0 Å². The lowest BCUT2D eigenvalue weighted by atomic mass is 9.87. The summed E-state index contributed by atoms with van der Waals surface area (Å²) in [6, 6.07) is 0. The second kappa shape index (κ2) is 5.52. The number of rotatable bonds is 4. The Morgan fingerprint density at radius 3 is 2.61 bits per heavy atom. The highest BCUT2D eigenvalue weighted by molar-refractivity contribution is 5.73. The van der Waals surface area contributed by atoms with Crippen molar-refractivity contribution >= 4 is 5.97 Å². The first-order chi connectivity index (χ1) is 8.29. The van der Waals surface area contributed by atoms with Gasteiger partial charge in [-0.15, -0.1) is 0 Å². The number of ether oxygens (including phenoxy) is 1. The van der Waals surface area contributed by atoms with Gasteiger partial charge < -0.3 is 10.5 Å². The zero-order valence-electron chi connectivity index (χ0n) is 11.9. The number of aryl methyl sites for hydroxylation is 1. The minimum absolute atomic E-state index is 0.0497. The van der Waals surface area contributed by atoms with Gasteiger partial charge in [-0.1, -0.05) is 20.8 Å². The highest BCUT2D eigenvalue weighted by Gasteiger charge is 2.26. The zero-order valence-corrected chi connectivity index (χ0v) is 11.9. The van der Waals surface area contributed by atoms with Crippen molar-refractivity contribution in [2.24, 2.45) is 18.7 Å². The molecule has 1 aromatic rings. The number of hydrogen-bond donors (Lipinski definition) is 1. The van der Waals surface area contributed by atoms with Gasteiger partial charge in [0.05, 0.1) is 18.7 Å². The Morgan fingerprint density at radius 1 is 1.56 bits per heavy atom. The third kappa shape index (κ3) is 3.32. The average Bonchev–Trinajstić information content (AvgIpc) is 2.66. The summed E-state index contributed by atoms with van der Waals surface area (Å²) in [7, 11) is 3.27. The minimum Gasteiger partial charge on any atom is -0.469 e. The van der Waals surface area contributed by atoms with Gasteiger partial charge in [0, 0.05) is 25.2 Å². The van der Waals surface area contributed by atoms with Gasteiger partial charge in [0.15, 0.2) is 0 Å². The number of methoxy groups -OCH3 is 1. The first kappa shape index (κ1) is 14.7. The van der Waals surface area contributed by atoms with Crippen LogP contribution in [0.4, 0.5) is 0 Å². The highest BCUT2D eigenvalue weighted by Crippen LogP contribution is 2.26. The molecule has 0 saturated carbocycles. The molecule has 2 N–H and O–H groups in total. The van der Waals surface area contributed by atoms with Crippen molar-refractivity contribution < 1.29 is 9.53 Å². The van der Waals surface area contributed by atoms with Crippen LogP contribution in [0.1, 0.15) is 32.0 Å². The zero-order chi connectivity index (χ0) is 13.9. The van der Waals surface area contributed by atoms with E-state index in [1.807, 2.05) is 13.2 Å². The summed E-state index contributed by atoms with van der Waals surface area (Å²) < 4.78 is 6.54. The number of carbonyl (C=O) groups is 1. The first-order valence-electron chi connectivity index (χ1n) is 6.10. The quantitative estimate of drug-likeness (QED) is 0.813. The lowest BCUT2D eigenvalue weighted by molar-refractivity contribution is -0.145. The maximum atomic E-state index is 11.6. The van der Waals surface area contributed by atoms with Crippen LogP contribution < -0.4 is 5.73 Å². The van der Waals surface area contributed by atoms with E-state index >= 15 is 0 Å². The molecule has 1 atom stereocenters. The molecule has 1 rings (SSSR count). The fourth-order valence-electron chi connectivity index (χ4n) is 2.01. The molecule has 0 bridgehead atoms. The van der Waals surface area contributed by atoms with Crippen LogP contribution in [0.2, 0.25) is 0 Å². The highest BCUT2D eigenvalue weighted by atomic mass is 16.5. The number of carbonyl (C=O) groups excluding carboxylic acids is 1. The van der Waals surface area contributed by atoms with Crippen molar-refractivity contribution in [2.45, 2.75) is 32.6 Å². The molecule has 18 heavy (non-hydrogen) atoms. The molecule has 0 aliphatic heterocycles. The fraction of sp³-hybridized carbons (Fsp3) is 0.692. The predicted molar refractivity (Wildman–Crippen MR) is 70.2 cm³/mol. The van der Waals surface area contributed by atoms with Crippen molar-refractivity contribution in [3.63, 3.8) is 0 Å². The second-order valence-electron chi connectivity index (χ2n) is 5.59. The lowest BCUT2D eigenvalue weighted by Gasteiger charge is -2.19. The fourth-order valence-corrected chi connectivity index (χ4v) is 2.01. The Kier molecular flexibility index (Phi) is 4.51. The van der Waals surface area contributed by atoms with Crippen LogP contribution in [0.25, 0.3) is 0 Å². The SMILES string of the molecule is COC(=O)C(CN)Cc1cn(C)nc1C(C)(C)C. The molecular formula is C13H23N3O2. The number of aromatic nitrogens is 2. The van der Waals surface area contributed by atoms with Gasteiger partial charge in [0.25, 0.3) is 0 Å². The molecule has 0 saturated heterocycles. The summed E-state index contributed by atoms with van der Waals surface area (Å²) in [6.45, 7) is 6.60. The summed E-state index contributed by atoms with van der Waals surface area (Å²) in [5.41, 5.74) is 7.65. The van der Waals surface area contributed by atoms with E-state index in [-0.39, 0.29) is 23.8 Å². The Morgan fingerprint density at radius 2 is 2.17 bits per heavy atom. The molecule has 1 heterocycles. The van der Waals surface area contributed by atoms with Crippen LogP contribution in [0.5, 0.6) is 0 Å². The molecule has 0 aromatic carbocycles. The summed E-state index contributed by atoms with van der Waals surface area (Å²) in [4.78, 5) is 11.6. The smallest absolute Gasteiger partial charge is 0.310 e. The van der Waals surface area contributed by atoms with Crippen molar-refractivity contribution in [3.8, 4) is 0 Å². The predicted octanol–water partition coefficient (Wildman–Crippen LogP) is 1.01. The van der Waals surface area contributed by atoms with Gasteiger partial charge in [0.2, 0.25) is 0 Å². The largest absolute Gasteiger partial charge is 0.469 e. The molecule has 0 aliphatic carbocycles. The molecule has 1 unspecified atom stereocenters. The number of hydrogen-bond acceptors (Lipinski definition) is 4. The molecular weight excluding hydrogens is 230 g/mol. The third-order valence-electron chi connectivity index (χ3n) is 2.90. The number of esters is 1. The van der Waals surface area contributed by atoms with Gasteiger partial charge in [-0.25, -0.2) is 0 Å². The molecule has 102 valence electrons. The van der Waals surface area contributed by atoms with Crippen molar-refractivity contribution in [2.75, 3.05) is 13.7 Å². The molecule has 5 heteroatoms. The molecule has 0 radical (unpaired) electrons. The van der Waals surface area contributed by atoms with Gasteiger partial charge >= 0.3 is 5.97 Å². The first-order valence-corrected chi connectivity index (χ1v) is 6.10. The molecule has 0 amide bonds. The summed E-state index contributed by atoms with van der Waals surface area (Å²) in [5, 5.41) is 4.48. The van der Waals surface area contributed by atoms with Crippen LogP contribution in [0, 0.1) is 5.92 Å². The van der Waals surface area contributed by atoms with Gasteiger partial charge in [0.1, 0.15) is 0 Å². The van der Waals surface area contributed by atoms with Gasteiger partial charge in [-0.3, -0.25) is 9.48 Å². The van der Waals surface area contributed by atoms with E-state index in [0.29, 0.717) is 6.42 Å². The maximum Gasteiger partial charge on any atom is 0.310 e. The van der Waals surface area contributed by atoms with E-state index < -0.39 is 0 Å².